The molecule has 0 aromatic carbocycles. The molecule has 2 aromatic rings. The lowest BCUT2D eigenvalue weighted by Gasteiger charge is -2.07. The maximum atomic E-state index is 5.57. The van der Waals surface area contributed by atoms with E-state index in [1.54, 1.807) is 6.20 Å². The monoisotopic (exact) mass is 340 g/mol. The fourth-order valence-corrected chi connectivity index (χ4v) is 2.14. The topological polar surface area (TPSA) is 51.5 Å². The van der Waals surface area contributed by atoms with Gasteiger partial charge in [0.05, 0.1) is 24.7 Å². The number of aromatic nitrogens is 3. The lowest BCUT2D eigenvalue weighted by Crippen LogP contribution is -2.20. The number of nitrogens with zero attached hydrogens (tertiary/aromatic N) is 3. The van der Waals surface area contributed by atoms with Crippen LogP contribution >= 0.6 is 15.9 Å². The van der Waals surface area contributed by atoms with E-state index < -0.39 is 0 Å². The molecule has 0 radical (unpaired) electrons. The summed E-state index contributed by atoms with van der Waals surface area (Å²) in [5, 5.41) is 3.37. The van der Waals surface area contributed by atoms with E-state index in [-0.39, 0.29) is 0 Å². The molecule has 1 N–H and O–H groups in total. The van der Waals surface area contributed by atoms with Gasteiger partial charge < -0.3 is 10.1 Å². The van der Waals surface area contributed by atoms with Crippen molar-refractivity contribution >= 4 is 21.6 Å². The van der Waals surface area contributed by atoms with Crippen LogP contribution < -0.4 is 5.32 Å². The summed E-state index contributed by atoms with van der Waals surface area (Å²) in [6.07, 6.45) is 6.67. The van der Waals surface area contributed by atoms with Gasteiger partial charge >= 0.3 is 0 Å². The van der Waals surface area contributed by atoms with Gasteiger partial charge in [-0.1, -0.05) is 13.8 Å². The minimum Gasteiger partial charge on any atom is -0.380 e. The second kappa shape index (κ2) is 7.71. The van der Waals surface area contributed by atoms with Crippen molar-refractivity contribution in [2.24, 2.45) is 5.92 Å². The SMILES string of the molecule is CC(C)CCOCCNCc1cnc2cnc(Br)cn12. The largest absolute Gasteiger partial charge is 0.380 e. The minimum absolute atomic E-state index is 0.702. The summed E-state index contributed by atoms with van der Waals surface area (Å²) in [6, 6.07) is 0. The zero-order valence-corrected chi connectivity index (χ0v) is 13.6. The van der Waals surface area contributed by atoms with Crippen LogP contribution in [0.3, 0.4) is 0 Å². The first-order valence-electron chi connectivity index (χ1n) is 6.92. The highest BCUT2D eigenvalue weighted by Gasteiger charge is 2.03. The van der Waals surface area contributed by atoms with Crippen molar-refractivity contribution in [2.75, 3.05) is 19.8 Å². The van der Waals surface area contributed by atoms with Gasteiger partial charge in [0.25, 0.3) is 0 Å². The molecule has 2 heterocycles. The van der Waals surface area contributed by atoms with E-state index in [0.29, 0.717) is 5.92 Å². The summed E-state index contributed by atoms with van der Waals surface area (Å²) >= 11 is 3.37. The average Bonchev–Trinajstić information content (AvgIpc) is 2.80. The van der Waals surface area contributed by atoms with Crippen LogP contribution in [-0.2, 0) is 11.3 Å². The number of imidazole rings is 1. The number of ether oxygens (including phenoxy) is 1. The molecule has 0 aliphatic carbocycles. The third-order valence-electron chi connectivity index (χ3n) is 3.01. The van der Waals surface area contributed by atoms with Gasteiger partial charge in [0.2, 0.25) is 0 Å². The van der Waals surface area contributed by atoms with Crippen LogP contribution in [0.15, 0.2) is 23.2 Å². The predicted molar refractivity (Wildman–Crippen MR) is 82.7 cm³/mol. The van der Waals surface area contributed by atoms with Gasteiger partial charge in [-0.05, 0) is 28.3 Å². The highest BCUT2D eigenvalue weighted by molar-refractivity contribution is 9.10. The van der Waals surface area contributed by atoms with Crippen LogP contribution in [0.1, 0.15) is 26.0 Å². The van der Waals surface area contributed by atoms with E-state index >= 15 is 0 Å². The van der Waals surface area contributed by atoms with Crippen LogP contribution in [0.4, 0.5) is 0 Å². The zero-order valence-electron chi connectivity index (χ0n) is 12.0. The molecule has 0 spiro atoms. The van der Waals surface area contributed by atoms with Crippen LogP contribution in [0.25, 0.3) is 5.65 Å². The molecule has 0 bridgehead atoms. The first-order valence-corrected chi connectivity index (χ1v) is 7.72. The molecule has 5 nitrogen and oxygen atoms in total. The normalized spacial score (nSPS) is 11.6. The van der Waals surface area contributed by atoms with E-state index in [9.17, 15) is 0 Å². The number of nitrogens with one attached hydrogen (secondary N) is 1. The quantitative estimate of drug-likeness (QED) is 0.750. The summed E-state index contributed by atoms with van der Waals surface area (Å²) in [5.74, 6) is 0.702. The van der Waals surface area contributed by atoms with Crippen molar-refractivity contribution in [1.82, 2.24) is 19.7 Å². The third-order valence-corrected chi connectivity index (χ3v) is 3.42. The van der Waals surface area contributed by atoms with Gasteiger partial charge in [-0.15, -0.1) is 0 Å². The molecule has 0 saturated heterocycles. The Kier molecular flexibility index (Phi) is 5.94. The highest BCUT2D eigenvalue weighted by atomic mass is 79.9. The summed E-state index contributed by atoms with van der Waals surface area (Å²) in [7, 11) is 0. The van der Waals surface area contributed by atoms with E-state index in [1.807, 2.05) is 16.8 Å². The first kappa shape index (κ1) is 15.4. The van der Waals surface area contributed by atoms with Crippen molar-refractivity contribution < 1.29 is 4.74 Å². The molecule has 0 aliphatic heterocycles. The average molecular weight is 341 g/mol. The standard InChI is InChI=1S/C14H21BrN4O/c1-11(2)3-5-20-6-4-16-7-12-8-18-14-9-17-13(15)10-19(12)14/h8-11,16H,3-7H2,1-2H3. The fourth-order valence-electron chi connectivity index (χ4n) is 1.83. The molecular formula is C14H21BrN4O. The Morgan fingerprint density at radius 2 is 2.15 bits per heavy atom. The lowest BCUT2D eigenvalue weighted by atomic mass is 10.1. The van der Waals surface area contributed by atoms with Crippen molar-refractivity contribution in [3.63, 3.8) is 0 Å². The Balaban J connectivity index is 1.72. The van der Waals surface area contributed by atoms with Crippen LogP contribution in [0.5, 0.6) is 0 Å². The molecule has 0 saturated carbocycles. The third kappa shape index (κ3) is 4.54. The van der Waals surface area contributed by atoms with Gasteiger partial charge in [0.15, 0.2) is 5.65 Å². The Morgan fingerprint density at radius 1 is 1.30 bits per heavy atom. The molecule has 0 aliphatic rings. The van der Waals surface area contributed by atoms with Gasteiger partial charge in [-0.2, -0.15) is 0 Å². The van der Waals surface area contributed by atoms with Crippen molar-refractivity contribution in [3.8, 4) is 0 Å². The maximum absolute atomic E-state index is 5.57. The summed E-state index contributed by atoms with van der Waals surface area (Å²) < 4.78 is 8.41. The maximum Gasteiger partial charge on any atom is 0.155 e. The number of rotatable bonds is 8. The molecule has 110 valence electrons. The number of halogens is 1. The number of fused-ring (bicyclic) bond motifs is 1. The van der Waals surface area contributed by atoms with Gasteiger partial charge in [-0.3, -0.25) is 4.40 Å². The molecule has 6 heteroatoms. The molecule has 20 heavy (non-hydrogen) atoms. The summed E-state index contributed by atoms with van der Waals surface area (Å²) in [6.45, 7) is 7.61. The van der Waals surface area contributed by atoms with Crippen LogP contribution in [0, 0.1) is 5.92 Å². The summed E-state index contributed by atoms with van der Waals surface area (Å²) in [4.78, 5) is 8.47. The predicted octanol–water partition coefficient (Wildman–Crippen LogP) is 2.64. The van der Waals surface area contributed by atoms with Crippen LogP contribution in [0.2, 0.25) is 0 Å². The Labute approximate surface area is 127 Å². The molecule has 0 amide bonds. The van der Waals surface area contributed by atoms with E-state index in [2.05, 4.69) is 45.1 Å². The molecule has 0 atom stereocenters. The van der Waals surface area contributed by atoms with E-state index in [1.165, 1.54) is 0 Å². The smallest absolute Gasteiger partial charge is 0.155 e. The zero-order chi connectivity index (χ0) is 14.4. The molecule has 0 unspecified atom stereocenters. The second-order valence-corrected chi connectivity index (χ2v) is 5.97. The Morgan fingerprint density at radius 3 is 2.95 bits per heavy atom. The lowest BCUT2D eigenvalue weighted by molar-refractivity contribution is 0.125. The molecule has 2 rings (SSSR count). The number of hydrogen-bond acceptors (Lipinski definition) is 4. The molecule has 0 fully saturated rings. The first-order chi connectivity index (χ1) is 9.66. The van der Waals surface area contributed by atoms with Crippen molar-refractivity contribution in [2.45, 2.75) is 26.8 Å². The fraction of sp³-hybridized carbons (Fsp3) is 0.571. The number of hydrogen-bond donors (Lipinski definition) is 1. The summed E-state index contributed by atoms with van der Waals surface area (Å²) in [5.41, 5.74) is 1.98. The van der Waals surface area contributed by atoms with Gasteiger partial charge in [0, 0.05) is 25.9 Å². The Bertz CT molecular complexity index is 541. The van der Waals surface area contributed by atoms with Gasteiger partial charge in [-0.25, -0.2) is 9.97 Å². The van der Waals surface area contributed by atoms with Crippen LogP contribution in [-0.4, -0.2) is 34.1 Å². The van der Waals surface area contributed by atoms with Crippen molar-refractivity contribution in [1.29, 1.82) is 0 Å². The molecule has 2 aromatic heterocycles. The Hall–Kier alpha value is -0.980. The van der Waals surface area contributed by atoms with E-state index in [4.69, 9.17) is 4.74 Å². The second-order valence-electron chi connectivity index (χ2n) is 5.16. The van der Waals surface area contributed by atoms with Crippen molar-refractivity contribution in [3.05, 3.63) is 28.9 Å². The van der Waals surface area contributed by atoms with Gasteiger partial charge in [0.1, 0.15) is 4.60 Å². The van der Waals surface area contributed by atoms with E-state index in [0.717, 1.165) is 48.7 Å². The minimum atomic E-state index is 0.702. The highest BCUT2D eigenvalue weighted by Crippen LogP contribution is 2.10. The molecular weight excluding hydrogens is 320 g/mol.